The molecule has 11 aromatic rings. The lowest BCUT2D eigenvalue weighted by Gasteiger charge is -2.29. The molecular formula is C56H39N3. The lowest BCUT2D eigenvalue weighted by Crippen LogP contribution is -2.11. The lowest BCUT2D eigenvalue weighted by molar-refractivity contribution is 1.18. The van der Waals surface area contributed by atoms with Gasteiger partial charge in [-0.2, -0.15) is 0 Å². The van der Waals surface area contributed by atoms with Crippen LogP contribution < -0.4 is 9.80 Å². The zero-order valence-corrected chi connectivity index (χ0v) is 32.0. The molecule has 0 atom stereocenters. The summed E-state index contributed by atoms with van der Waals surface area (Å²) in [6, 6.07) is 71.4. The van der Waals surface area contributed by atoms with Gasteiger partial charge in [-0.3, -0.25) is 0 Å². The summed E-state index contributed by atoms with van der Waals surface area (Å²) in [7, 11) is 0. The van der Waals surface area contributed by atoms with Crippen molar-refractivity contribution < 1.29 is 5.48 Å². The summed E-state index contributed by atoms with van der Waals surface area (Å²) >= 11 is 0. The Kier molecular flexibility index (Phi) is 7.48. The van der Waals surface area contributed by atoms with E-state index in [1.54, 1.807) is 0 Å². The number of fused-ring (bicyclic) bond motifs is 5. The molecule has 0 aliphatic carbocycles. The monoisotopic (exact) mass is 757 g/mol. The first-order valence-electron chi connectivity index (χ1n) is 21.9. The summed E-state index contributed by atoms with van der Waals surface area (Å²) in [4.78, 5) is 4.12. The topological polar surface area (TPSA) is 11.4 Å². The molecule has 1 aromatic heterocycles. The summed E-state index contributed by atoms with van der Waals surface area (Å²) in [5, 5.41) is 6.26. The summed E-state index contributed by atoms with van der Waals surface area (Å²) in [5.74, 6) is 0. The van der Waals surface area contributed by atoms with Gasteiger partial charge in [0.2, 0.25) is 0 Å². The third kappa shape index (κ3) is 6.00. The highest BCUT2D eigenvalue weighted by Gasteiger charge is 2.21. The molecule has 1 heterocycles. The van der Waals surface area contributed by atoms with Gasteiger partial charge in [0, 0.05) is 50.0 Å². The maximum Gasteiger partial charge on any atom is 0.0645 e. The highest BCUT2D eigenvalue weighted by Crippen LogP contribution is 2.46. The first kappa shape index (κ1) is 30.3. The van der Waals surface area contributed by atoms with Crippen LogP contribution in [0.3, 0.4) is 0 Å². The summed E-state index contributed by atoms with van der Waals surface area (Å²) in [6.07, 6.45) is 0. The summed E-state index contributed by atoms with van der Waals surface area (Å²) < 4.78 is 40.5. The molecule has 0 saturated heterocycles. The molecule has 0 amide bonds. The van der Waals surface area contributed by atoms with E-state index in [0.29, 0.717) is 5.56 Å². The van der Waals surface area contributed by atoms with E-state index in [0.717, 1.165) is 72.1 Å². The lowest BCUT2D eigenvalue weighted by atomic mass is 9.96. The second-order valence-corrected chi connectivity index (χ2v) is 14.6. The van der Waals surface area contributed by atoms with Crippen LogP contribution in [0.2, 0.25) is 0 Å². The highest BCUT2D eigenvalue weighted by atomic mass is 15.2. The van der Waals surface area contributed by atoms with Crippen molar-refractivity contribution in [2.45, 2.75) is 0 Å². The largest absolute Gasteiger partial charge is 0.311 e. The molecule has 278 valence electrons. The Morgan fingerprint density at radius 2 is 0.881 bits per heavy atom. The van der Waals surface area contributed by atoms with Gasteiger partial charge in [0.05, 0.1) is 27.9 Å². The maximum atomic E-state index is 9.59. The van der Waals surface area contributed by atoms with E-state index in [1.807, 2.05) is 95.9 Å². The molecule has 0 bridgehead atoms. The Morgan fingerprint density at radius 1 is 0.339 bits per heavy atom. The van der Waals surface area contributed by atoms with E-state index in [4.69, 9.17) is 0 Å². The highest BCUT2D eigenvalue weighted by molar-refractivity contribution is 6.12. The fourth-order valence-corrected chi connectivity index (χ4v) is 8.58. The van der Waals surface area contributed by atoms with Crippen LogP contribution in [0.4, 0.5) is 34.1 Å². The van der Waals surface area contributed by atoms with E-state index in [2.05, 4.69) is 131 Å². The van der Waals surface area contributed by atoms with E-state index < -0.39 is 0 Å². The molecule has 11 rings (SSSR count). The van der Waals surface area contributed by atoms with Crippen molar-refractivity contribution in [2.24, 2.45) is 0 Å². The second kappa shape index (κ2) is 14.6. The standard InChI is InChI=1S/C56H39N3/c1-4-19-42(20-5-1)57(43-21-6-2-7-22-43)45-35-33-41(34-36-45)47-27-15-29-50-49(47)28-16-32-55(50)59(53-31-14-18-40-17-10-11-25-48(40)53)46-37-38-52-51-26-12-13-30-54(51)58(56(52)39-46)44-23-8-3-9-24-44/h1-39H/i33D,34D,35D,36D. The van der Waals surface area contributed by atoms with Gasteiger partial charge in [0.1, 0.15) is 0 Å². The van der Waals surface area contributed by atoms with Crippen molar-refractivity contribution in [3.8, 4) is 16.8 Å². The molecule has 0 saturated carbocycles. The average Bonchev–Trinajstić information content (AvgIpc) is 3.67. The number of anilines is 6. The number of hydrogen-bond donors (Lipinski definition) is 0. The second-order valence-electron chi connectivity index (χ2n) is 14.6. The summed E-state index contributed by atoms with van der Waals surface area (Å²) in [6.45, 7) is 0. The van der Waals surface area contributed by atoms with E-state index in [-0.39, 0.29) is 35.4 Å². The van der Waals surface area contributed by atoms with E-state index in [9.17, 15) is 5.48 Å². The van der Waals surface area contributed by atoms with Gasteiger partial charge in [0.25, 0.3) is 0 Å². The zero-order valence-electron chi connectivity index (χ0n) is 36.0. The average molecular weight is 758 g/mol. The number of hydrogen-bond acceptors (Lipinski definition) is 2. The molecule has 0 aliphatic heterocycles. The molecular weight excluding hydrogens is 715 g/mol. The van der Waals surface area contributed by atoms with Crippen LogP contribution in [-0.4, -0.2) is 4.57 Å². The molecule has 3 heteroatoms. The minimum absolute atomic E-state index is 0.106. The first-order chi connectivity index (χ1) is 31.0. The van der Waals surface area contributed by atoms with Gasteiger partial charge in [-0.1, -0.05) is 158 Å². The van der Waals surface area contributed by atoms with Crippen molar-refractivity contribution in [1.82, 2.24) is 4.57 Å². The summed E-state index contributed by atoms with van der Waals surface area (Å²) in [5.41, 5.74) is 8.72. The molecule has 10 aromatic carbocycles. The van der Waals surface area contributed by atoms with Crippen LogP contribution in [0.25, 0.3) is 60.2 Å². The molecule has 0 unspecified atom stereocenters. The SMILES string of the molecule is [2H]c1c([2H])c(N(c2ccccc2)c2ccccc2)c([2H])c([2H])c1-c1cccc2c(N(c3ccc4c5ccccc5n(-c5ccccc5)c4c3)c3cccc4ccccc34)cccc12. The molecule has 59 heavy (non-hydrogen) atoms. The first-order valence-corrected chi connectivity index (χ1v) is 19.9. The predicted octanol–water partition coefficient (Wildman–Crippen LogP) is 15.7. The normalized spacial score (nSPS) is 12.3. The molecule has 3 nitrogen and oxygen atoms in total. The van der Waals surface area contributed by atoms with Crippen molar-refractivity contribution >= 4 is 77.5 Å². The Morgan fingerprint density at radius 3 is 1.63 bits per heavy atom. The van der Waals surface area contributed by atoms with Crippen LogP contribution in [0.1, 0.15) is 5.48 Å². The van der Waals surface area contributed by atoms with Crippen molar-refractivity contribution in [1.29, 1.82) is 0 Å². The molecule has 0 N–H and O–H groups in total. The quantitative estimate of drug-likeness (QED) is 0.153. The van der Waals surface area contributed by atoms with Crippen LogP contribution in [-0.2, 0) is 0 Å². The molecule has 0 radical (unpaired) electrons. The van der Waals surface area contributed by atoms with Crippen LogP contribution >= 0.6 is 0 Å². The van der Waals surface area contributed by atoms with E-state index >= 15 is 0 Å². The Labute approximate surface area is 349 Å². The molecule has 0 spiro atoms. The predicted molar refractivity (Wildman–Crippen MR) is 251 cm³/mol. The number of nitrogens with zero attached hydrogens (tertiary/aromatic N) is 3. The number of para-hydroxylation sites is 4. The number of aromatic nitrogens is 1. The number of rotatable bonds is 8. The van der Waals surface area contributed by atoms with Crippen LogP contribution in [0.5, 0.6) is 0 Å². The number of benzene rings is 10. The van der Waals surface area contributed by atoms with Gasteiger partial charge >= 0.3 is 0 Å². The Hall–Kier alpha value is -7.88. The fraction of sp³-hybridized carbons (Fsp3) is 0. The fourth-order valence-electron chi connectivity index (χ4n) is 8.58. The third-order valence-corrected chi connectivity index (χ3v) is 11.2. The zero-order chi connectivity index (χ0) is 42.6. The van der Waals surface area contributed by atoms with Gasteiger partial charge in [-0.15, -0.1) is 0 Å². The Balaban J connectivity index is 1.15. The van der Waals surface area contributed by atoms with E-state index in [1.165, 1.54) is 5.39 Å². The van der Waals surface area contributed by atoms with Gasteiger partial charge < -0.3 is 14.4 Å². The maximum absolute atomic E-state index is 9.59. The third-order valence-electron chi connectivity index (χ3n) is 11.2. The van der Waals surface area contributed by atoms with Gasteiger partial charge in [-0.05, 0) is 101 Å². The van der Waals surface area contributed by atoms with Gasteiger partial charge in [-0.25, -0.2) is 0 Å². The van der Waals surface area contributed by atoms with Crippen molar-refractivity contribution in [3.05, 3.63) is 236 Å². The molecule has 0 fully saturated rings. The molecule has 0 aliphatic rings. The van der Waals surface area contributed by atoms with Gasteiger partial charge in [0.15, 0.2) is 0 Å². The smallest absolute Gasteiger partial charge is 0.0645 e. The van der Waals surface area contributed by atoms with Crippen molar-refractivity contribution in [3.63, 3.8) is 0 Å². The minimum Gasteiger partial charge on any atom is -0.311 e. The van der Waals surface area contributed by atoms with Crippen molar-refractivity contribution in [2.75, 3.05) is 9.80 Å². The van der Waals surface area contributed by atoms with Crippen LogP contribution in [0, 0.1) is 0 Å². The Bertz CT molecular complexity index is 3440. The van der Waals surface area contributed by atoms with Crippen LogP contribution in [0.15, 0.2) is 236 Å². The minimum atomic E-state index is -0.119.